The molecule has 3 aromatic rings. The second-order valence-corrected chi connectivity index (χ2v) is 7.74. The average Bonchev–Trinajstić information content (AvgIpc) is 2.85. The summed E-state index contributed by atoms with van der Waals surface area (Å²) in [6.45, 7) is 2.40. The summed E-state index contributed by atoms with van der Waals surface area (Å²) in [5, 5.41) is 17.1. The summed E-state index contributed by atoms with van der Waals surface area (Å²) in [7, 11) is 0. The van der Waals surface area contributed by atoms with E-state index in [-0.39, 0.29) is 12.8 Å². The highest BCUT2D eigenvalue weighted by molar-refractivity contribution is 5.98. The van der Waals surface area contributed by atoms with Crippen LogP contribution < -0.4 is 20.5 Å². The molecule has 0 saturated heterocycles. The Labute approximate surface area is 198 Å². The number of carbonyl (C=O) groups excluding carboxylic acids is 3. The van der Waals surface area contributed by atoms with Crippen LogP contribution in [0.25, 0.3) is 0 Å². The number of hydrogen-bond acceptors (Lipinski definition) is 5. The molecule has 3 rings (SSSR count). The van der Waals surface area contributed by atoms with Crippen molar-refractivity contribution >= 4 is 17.8 Å². The van der Waals surface area contributed by atoms with Gasteiger partial charge < -0.3 is 25.3 Å². The third kappa shape index (κ3) is 7.20. The summed E-state index contributed by atoms with van der Waals surface area (Å²) in [5.74, 6) is -1.76. The van der Waals surface area contributed by atoms with Crippen LogP contribution in [-0.2, 0) is 22.4 Å². The highest BCUT2D eigenvalue weighted by Crippen LogP contribution is 2.14. The van der Waals surface area contributed by atoms with Gasteiger partial charge in [-0.2, -0.15) is 0 Å². The topological polar surface area (TPSA) is 108 Å². The van der Waals surface area contributed by atoms with E-state index in [9.17, 15) is 19.5 Å². The molecule has 176 valence electrons. The average molecular weight is 460 g/mol. The summed E-state index contributed by atoms with van der Waals surface area (Å²) in [6, 6.07) is 22.4. The monoisotopic (exact) mass is 459 g/mol. The minimum absolute atomic E-state index is 0.0329. The van der Waals surface area contributed by atoms with E-state index < -0.39 is 29.9 Å². The molecule has 0 saturated carbocycles. The van der Waals surface area contributed by atoms with Gasteiger partial charge in [0.25, 0.3) is 5.91 Å². The van der Waals surface area contributed by atoms with Crippen LogP contribution in [0.3, 0.4) is 0 Å². The molecule has 7 nitrogen and oxygen atoms in total. The van der Waals surface area contributed by atoms with Gasteiger partial charge in [-0.15, -0.1) is 0 Å². The Morgan fingerprint density at radius 2 is 1.32 bits per heavy atom. The predicted molar refractivity (Wildman–Crippen MR) is 126 cm³/mol. The summed E-state index contributed by atoms with van der Waals surface area (Å²) in [6.07, 6.45) is 0.235. The number of carboxylic acid groups (broad SMARTS) is 1. The molecule has 0 aromatic heterocycles. The Hall–Kier alpha value is -4.13. The van der Waals surface area contributed by atoms with Crippen molar-refractivity contribution in [3.63, 3.8) is 0 Å². The first kappa shape index (κ1) is 24.5. The zero-order valence-electron chi connectivity index (χ0n) is 18.9. The van der Waals surface area contributed by atoms with Gasteiger partial charge in [0.15, 0.2) is 0 Å². The molecular weight excluding hydrogens is 432 g/mol. The van der Waals surface area contributed by atoms with Crippen LogP contribution in [0.1, 0.15) is 28.4 Å². The van der Waals surface area contributed by atoms with Crippen molar-refractivity contribution in [1.82, 2.24) is 10.6 Å². The van der Waals surface area contributed by atoms with Crippen LogP contribution in [0, 0.1) is 0 Å². The van der Waals surface area contributed by atoms with Gasteiger partial charge in [0, 0.05) is 12.0 Å². The van der Waals surface area contributed by atoms with Crippen molar-refractivity contribution in [1.29, 1.82) is 0 Å². The van der Waals surface area contributed by atoms with Gasteiger partial charge in [-0.05, 0) is 48.7 Å². The molecule has 0 spiro atoms. The van der Waals surface area contributed by atoms with Gasteiger partial charge in [-0.25, -0.2) is 0 Å². The molecule has 0 aliphatic heterocycles. The summed E-state index contributed by atoms with van der Waals surface area (Å²) in [5.41, 5.74) is 1.93. The van der Waals surface area contributed by atoms with Gasteiger partial charge in [-0.3, -0.25) is 9.59 Å². The number of benzene rings is 3. The minimum Gasteiger partial charge on any atom is -0.548 e. The number of amides is 2. The molecule has 0 aliphatic rings. The molecule has 0 bridgehead atoms. The lowest BCUT2D eigenvalue weighted by Gasteiger charge is -2.24. The molecule has 0 unspecified atom stereocenters. The SMILES string of the molecule is CCOc1ccc(C[C@H](NC(=O)[C@H](Cc2ccccc2)NC(=O)c2ccccc2)C(=O)[O-])cc1. The maximum atomic E-state index is 13.1. The zero-order valence-corrected chi connectivity index (χ0v) is 18.9. The van der Waals surface area contributed by atoms with Crippen LogP contribution in [-0.4, -0.2) is 36.5 Å². The molecule has 0 fully saturated rings. The second kappa shape index (κ2) is 12.2. The largest absolute Gasteiger partial charge is 0.548 e. The molecular formula is C27H27N2O5-. The fourth-order valence-corrected chi connectivity index (χ4v) is 3.48. The maximum Gasteiger partial charge on any atom is 0.251 e. The van der Waals surface area contributed by atoms with Gasteiger partial charge in [0.2, 0.25) is 5.91 Å². The second-order valence-electron chi connectivity index (χ2n) is 7.74. The van der Waals surface area contributed by atoms with Gasteiger partial charge in [-0.1, -0.05) is 60.7 Å². The highest BCUT2D eigenvalue weighted by atomic mass is 16.5. The quantitative estimate of drug-likeness (QED) is 0.455. The van der Waals surface area contributed by atoms with E-state index in [1.165, 1.54) is 0 Å². The summed E-state index contributed by atoms with van der Waals surface area (Å²) >= 11 is 0. The van der Waals surface area contributed by atoms with Crippen LogP contribution in [0.4, 0.5) is 0 Å². The van der Waals surface area contributed by atoms with Gasteiger partial charge in [0.1, 0.15) is 11.8 Å². The lowest BCUT2D eigenvalue weighted by molar-refractivity contribution is -0.308. The minimum atomic E-state index is -1.41. The number of nitrogens with one attached hydrogen (secondary N) is 2. The fourth-order valence-electron chi connectivity index (χ4n) is 3.48. The molecule has 2 atom stereocenters. The van der Waals surface area contributed by atoms with Crippen molar-refractivity contribution in [3.05, 3.63) is 102 Å². The van der Waals surface area contributed by atoms with Crippen molar-refractivity contribution in [3.8, 4) is 5.75 Å². The first-order chi connectivity index (χ1) is 16.5. The molecule has 34 heavy (non-hydrogen) atoms. The van der Waals surface area contributed by atoms with E-state index in [1.54, 1.807) is 54.6 Å². The molecule has 0 radical (unpaired) electrons. The van der Waals surface area contributed by atoms with E-state index >= 15 is 0 Å². The van der Waals surface area contributed by atoms with Gasteiger partial charge >= 0.3 is 0 Å². The number of carboxylic acids is 1. The fraction of sp³-hybridized carbons (Fsp3) is 0.222. The third-order valence-corrected chi connectivity index (χ3v) is 5.22. The van der Waals surface area contributed by atoms with Gasteiger partial charge in [0.05, 0.1) is 18.6 Å². The Kier molecular flexibility index (Phi) is 8.80. The molecule has 0 heterocycles. The Balaban J connectivity index is 1.74. The van der Waals surface area contributed by atoms with Crippen LogP contribution >= 0.6 is 0 Å². The molecule has 2 amide bonds. The smallest absolute Gasteiger partial charge is 0.251 e. The number of aliphatic carboxylic acids is 1. The van der Waals surface area contributed by atoms with E-state index in [0.717, 1.165) is 5.56 Å². The molecule has 2 N–H and O–H groups in total. The lowest BCUT2D eigenvalue weighted by atomic mass is 10.0. The maximum absolute atomic E-state index is 13.1. The van der Waals surface area contributed by atoms with E-state index in [4.69, 9.17) is 4.74 Å². The van der Waals surface area contributed by atoms with Crippen molar-refractivity contribution < 1.29 is 24.2 Å². The standard InChI is InChI=1S/C27H28N2O5/c1-2-34-22-15-13-20(14-16-22)18-24(27(32)33)29-26(31)23(17-19-9-5-3-6-10-19)28-25(30)21-11-7-4-8-12-21/h3-16,23-24H,2,17-18H2,1H3,(H,28,30)(H,29,31)(H,32,33)/p-1/t23-,24-/m0/s1. The summed E-state index contributed by atoms with van der Waals surface area (Å²) in [4.78, 5) is 37.6. The molecule has 7 heteroatoms. The Bertz CT molecular complexity index is 1090. The van der Waals surface area contributed by atoms with Crippen LogP contribution in [0.5, 0.6) is 5.75 Å². The van der Waals surface area contributed by atoms with Crippen LogP contribution in [0.15, 0.2) is 84.9 Å². The van der Waals surface area contributed by atoms with Crippen molar-refractivity contribution in [2.75, 3.05) is 6.61 Å². The number of carbonyl (C=O) groups is 3. The normalized spacial score (nSPS) is 12.3. The predicted octanol–water partition coefficient (Wildman–Crippen LogP) is 1.90. The highest BCUT2D eigenvalue weighted by Gasteiger charge is 2.25. The van der Waals surface area contributed by atoms with Crippen molar-refractivity contribution in [2.24, 2.45) is 0 Å². The Morgan fingerprint density at radius 3 is 1.91 bits per heavy atom. The first-order valence-electron chi connectivity index (χ1n) is 11.1. The van der Waals surface area contributed by atoms with Crippen LogP contribution in [0.2, 0.25) is 0 Å². The zero-order chi connectivity index (χ0) is 24.3. The Morgan fingerprint density at radius 1 is 0.765 bits per heavy atom. The van der Waals surface area contributed by atoms with E-state index in [0.29, 0.717) is 23.5 Å². The molecule has 0 aliphatic carbocycles. The van der Waals surface area contributed by atoms with Crippen molar-refractivity contribution in [2.45, 2.75) is 31.8 Å². The third-order valence-electron chi connectivity index (χ3n) is 5.22. The first-order valence-corrected chi connectivity index (χ1v) is 11.1. The van der Waals surface area contributed by atoms with E-state index in [2.05, 4.69) is 10.6 Å². The number of hydrogen-bond donors (Lipinski definition) is 2. The number of ether oxygens (including phenoxy) is 1. The lowest BCUT2D eigenvalue weighted by Crippen LogP contribution is -2.55. The molecule has 3 aromatic carbocycles. The summed E-state index contributed by atoms with van der Waals surface area (Å²) < 4.78 is 5.40. The number of rotatable bonds is 11. The van der Waals surface area contributed by atoms with E-state index in [1.807, 2.05) is 37.3 Å².